The van der Waals surface area contributed by atoms with Gasteiger partial charge in [-0.3, -0.25) is 9.48 Å². The van der Waals surface area contributed by atoms with Crippen LogP contribution in [-0.4, -0.2) is 27.4 Å². The maximum Gasteiger partial charge on any atom is 0.222 e. The van der Waals surface area contributed by atoms with E-state index in [0.29, 0.717) is 6.54 Å². The Labute approximate surface area is 130 Å². The molecule has 1 unspecified atom stereocenters. The van der Waals surface area contributed by atoms with Gasteiger partial charge in [0.15, 0.2) is 17.5 Å². The van der Waals surface area contributed by atoms with Crippen molar-refractivity contribution in [1.29, 1.82) is 0 Å². The van der Waals surface area contributed by atoms with Crippen LogP contribution in [0.1, 0.15) is 23.6 Å². The van der Waals surface area contributed by atoms with Gasteiger partial charge in [0.25, 0.3) is 0 Å². The van der Waals surface area contributed by atoms with Gasteiger partial charge in [-0.25, -0.2) is 13.2 Å². The zero-order chi connectivity index (χ0) is 17.0. The second-order valence-corrected chi connectivity index (χ2v) is 5.13. The van der Waals surface area contributed by atoms with Crippen molar-refractivity contribution in [2.45, 2.75) is 25.9 Å². The van der Waals surface area contributed by atoms with Gasteiger partial charge in [0.1, 0.15) is 0 Å². The lowest BCUT2D eigenvalue weighted by Crippen LogP contribution is -2.31. The molecular weight excluding hydrogens is 311 g/mol. The van der Waals surface area contributed by atoms with E-state index in [1.807, 2.05) is 6.92 Å². The first-order chi connectivity index (χ1) is 10.9. The lowest BCUT2D eigenvalue weighted by Gasteiger charge is -2.17. The molecule has 1 atom stereocenters. The highest BCUT2D eigenvalue weighted by Gasteiger charge is 2.18. The Morgan fingerprint density at radius 2 is 2.00 bits per heavy atom. The number of amides is 1. The summed E-state index contributed by atoms with van der Waals surface area (Å²) in [6.45, 7) is 1.62. The van der Waals surface area contributed by atoms with E-state index in [2.05, 4.69) is 10.4 Å². The molecule has 0 aliphatic carbocycles. The summed E-state index contributed by atoms with van der Waals surface area (Å²) < 4.78 is 41.0. The number of aliphatic hydroxyl groups excluding tert-OH is 1. The van der Waals surface area contributed by atoms with Crippen LogP contribution in [0.5, 0.6) is 0 Å². The number of nitrogens with zero attached hydrogens (tertiary/aromatic N) is 2. The molecule has 0 fully saturated rings. The minimum absolute atomic E-state index is 0.0489. The fourth-order valence-corrected chi connectivity index (χ4v) is 2.08. The van der Waals surface area contributed by atoms with Gasteiger partial charge < -0.3 is 10.4 Å². The van der Waals surface area contributed by atoms with E-state index in [1.54, 1.807) is 17.1 Å². The standard InChI is InChI=1S/C15H16F3N3O2/c1-9-6-19-21(7-9)3-2-14(23)20-13(8-22)10-4-11(16)15(18)12(17)5-10/h4-7,13,22H,2-3,8H2,1H3,(H,20,23). The van der Waals surface area contributed by atoms with Gasteiger partial charge in [-0.05, 0) is 30.2 Å². The maximum absolute atomic E-state index is 13.2. The van der Waals surface area contributed by atoms with Crippen molar-refractivity contribution in [3.8, 4) is 0 Å². The summed E-state index contributed by atoms with van der Waals surface area (Å²) >= 11 is 0. The van der Waals surface area contributed by atoms with Crippen LogP contribution in [0.3, 0.4) is 0 Å². The number of aryl methyl sites for hydroxylation is 2. The van der Waals surface area contributed by atoms with E-state index in [-0.39, 0.29) is 12.0 Å². The van der Waals surface area contributed by atoms with Crippen LogP contribution in [0.2, 0.25) is 0 Å². The first kappa shape index (κ1) is 17.0. The Kier molecular flexibility index (Phi) is 5.38. The van der Waals surface area contributed by atoms with Gasteiger partial charge >= 0.3 is 0 Å². The number of carbonyl (C=O) groups is 1. The van der Waals surface area contributed by atoms with Crippen LogP contribution >= 0.6 is 0 Å². The monoisotopic (exact) mass is 327 g/mol. The molecule has 2 rings (SSSR count). The van der Waals surface area contributed by atoms with Crippen LogP contribution < -0.4 is 5.32 Å². The van der Waals surface area contributed by atoms with Crippen molar-refractivity contribution in [2.24, 2.45) is 0 Å². The van der Waals surface area contributed by atoms with Gasteiger partial charge in [-0.1, -0.05) is 0 Å². The van der Waals surface area contributed by atoms with Crippen LogP contribution in [0.4, 0.5) is 13.2 Å². The summed E-state index contributed by atoms with van der Waals surface area (Å²) in [5, 5.41) is 15.8. The fourth-order valence-electron chi connectivity index (χ4n) is 2.08. The number of hydrogen-bond acceptors (Lipinski definition) is 3. The Balaban J connectivity index is 1.99. The first-order valence-electron chi connectivity index (χ1n) is 6.94. The number of rotatable bonds is 6. The van der Waals surface area contributed by atoms with Gasteiger partial charge in [0.2, 0.25) is 5.91 Å². The van der Waals surface area contributed by atoms with Crippen molar-refractivity contribution in [3.63, 3.8) is 0 Å². The maximum atomic E-state index is 13.2. The van der Waals surface area contributed by atoms with Crippen molar-refractivity contribution in [1.82, 2.24) is 15.1 Å². The molecule has 8 heteroatoms. The Morgan fingerprint density at radius 1 is 1.35 bits per heavy atom. The molecule has 0 spiro atoms. The number of nitrogens with one attached hydrogen (secondary N) is 1. The van der Waals surface area contributed by atoms with Crippen molar-refractivity contribution in [2.75, 3.05) is 6.61 Å². The molecule has 2 aromatic rings. The summed E-state index contributed by atoms with van der Waals surface area (Å²) in [5.74, 6) is -4.77. The molecule has 0 bridgehead atoms. The molecular formula is C15H16F3N3O2. The summed E-state index contributed by atoms with van der Waals surface area (Å²) in [6.07, 6.45) is 3.49. The highest BCUT2D eigenvalue weighted by atomic mass is 19.2. The second-order valence-electron chi connectivity index (χ2n) is 5.13. The van der Waals surface area contributed by atoms with E-state index >= 15 is 0 Å². The third-order valence-electron chi connectivity index (χ3n) is 3.26. The molecule has 1 amide bonds. The van der Waals surface area contributed by atoms with E-state index < -0.39 is 36.0 Å². The minimum atomic E-state index is -1.59. The summed E-state index contributed by atoms with van der Waals surface area (Å²) in [7, 11) is 0. The molecule has 1 aromatic heterocycles. The molecule has 124 valence electrons. The number of benzene rings is 1. The first-order valence-corrected chi connectivity index (χ1v) is 6.94. The Morgan fingerprint density at radius 3 is 2.52 bits per heavy atom. The summed E-state index contributed by atoms with van der Waals surface area (Å²) in [5.41, 5.74) is 0.906. The predicted octanol–water partition coefficient (Wildman–Crippen LogP) is 1.85. The molecule has 1 aromatic carbocycles. The minimum Gasteiger partial charge on any atom is -0.394 e. The fraction of sp³-hybridized carbons (Fsp3) is 0.333. The van der Waals surface area contributed by atoms with Crippen molar-refractivity contribution >= 4 is 5.91 Å². The quantitative estimate of drug-likeness (QED) is 0.796. The molecule has 0 radical (unpaired) electrons. The SMILES string of the molecule is Cc1cnn(CCC(=O)NC(CO)c2cc(F)c(F)c(F)c2)c1. The molecule has 5 nitrogen and oxygen atoms in total. The van der Waals surface area contributed by atoms with Crippen LogP contribution in [0.25, 0.3) is 0 Å². The highest BCUT2D eigenvalue weighted by Crippen LogP contribution is 2.19. The zero-order valence-electron chi connectivity index (χ0n) is 12.4. The molecule has 0 aliphatic heterocycles. The number of halogens is 3. The smallest absolute Gasteiger partial charge is 0.222 e. The lowest BCUT2D eigenvalue weighted by molar-refractivity contribution is -0.122. The molecule has 0 aliphatic rings. The van der Waals surface area contributed by atoms with Gasteiger partial charge in [-0.15, -0.1) is 0 Å². The van der Waals surface area contributed by atoms with E-state index in [9.17, 15) is 23.1 Å². The normalized spacial score (nSPS) is 12.2. The number of aliphatic hydroxyl groups is 1. The van der Waals surface area contributed by atoms with Gasteiger partial charge in [0.05, 0.1) is 18.8 Å². The number of hydrogen-bond donors (Lipinski definition) is 2. The predicted molar refractivity (Wildman–Crippen MR) is 75.9 cm³/mol. The largest absolute Gasteiger partial charge is 0.394 e. The third kappa shape index (κ3) is 4.32. The molecule has 0 saturated carbocycles. The lowest BCUT2D eigenvalue weighted by atomic mass is 10.1. The summed E-state index contributed by atoms with van der Waals surface area (Å²) in [6, 6.07) is 0.471. The number of carbonyl (C=O) groups excluding carboxylic acids is 1. The zero-order valence-corrected chi connectivity index (χ0v) is 12.4. The van der Waals surface area contributed by atoms with Crippen LogP contribution in [-0.2, 0) is 11.3 Å². The Bertz CT molecular complexity index is 680. The van der Waals surface area contributed by atoms with Crippen LogP contribution in [0.15, 0.2) is 24.5 Å². The molecule has 23 heavy (non-hydrogen) atoms. The topological polar surface area (TPSA) is 67.2 Å². The van der Waals surface area contributed by atoms with Gasteiger partial charge in [-0.2, -0.15) is 5.10 Å². The van der Waals surface area contributed by atoms with Gasteiger partial charge in [0, 0.05) is 19.2 Å². The average Bonchev–Trinajstić information content (AvgIpc) is 2.93. The Hall–Kier alpha value is -2.35. The van der Waals surface area contributed by atoms with E-state index in [4.69, 9.17) is 0 Å². The molecule has 0 saturated heterocycles. The number of aromatic nitrogens is 2. The van der Waals surface area contributed by atoms with Crippen molar-refractivity contribution in [3.05, 3.63) is 53.1 Å². The second kappa shape index (κ2) is 7.28. The summed E-state index contributed by atoms with van der Waals surface area (Å²) in [4.78, 5) is 11.9. The average molecular weight is 327 g/mol. The van der Waals surface area contributed by atoms with E-state index in [0.717, 1.165) is 17.7 Å². The van der Waals surface area contributed by atoms with E-state index in [1.165, 1.54) is 0 Å². The molecule has 2 N–H and O–H groups in total. The van der Waals surface area contributed by atoms with Crippen molar-refractivity contribution < 1.29 is 23.1 Å². The third-order valence-corrected chi connectivity index (χ3v) is 3.26. The van der Waals surface area contributed by atoms with Crippen LogP contribution in [0, 0.1) is 24.4 Å². The highest BCUT2D eigenvalue weighted by molar-refractivity contribution is 5.76. The molecule has 1 heterocycles.